The standard InChI is InChI=1S/C15H16Br2N2S/c1-2-18-14(12-8-11(16)15(17)20-12)10-6-5-9-4-3-7-19-13(9)10/h3-4,7-8,10,14,18H,2,5-6H2,1H3. The lowest BCUT2D eigenvalue weighted by Crippen LogP contribution is -2.25. The van der Waals surface area contributed by atoms with Crippen molar-refractivity contribution in [3.8, 4) is 0 Å². The molecule has 0 amide bonds. The highest BCUT2D eigenvalue weighted by Crippen LogP contribution is 2.44. The first kappa shape index (κ1) is 14.7. The molecule has 2 aromatic heterocycles. The maximum Gasteiger partial charge on any atom is 0.0843 e. The van der Waals surface area contributed by atoms with Gasteiger partial charge in [-0.15, -0.1) is 11.3 Å². The Balaban J connectivity index is 1.96. The third kappa shape index (κ3) is 2.73. The van der Waals surface area contributed by atoms with Crippen LogP contribution in [0.5, 0.6) is 0 Å². The SMILES string of the molecule is CCNC(c1cc(Br)c(Br)s1)C1CCc2cccnc21. The fourth-order valence-electron chi connectivity index (χ4n) is 2.95. The predicted octanol–water partition coefficient (Wildman–Crippen LogP) is 5.05. The zero-order valence-corrected chi connectivity index (χ0v) is 15.2. The number of fused-ring (bicyclic) bond motifs is 1. The number of nitrogens with zero attached hydrogens (tertiary/aromatic N) is 1. The maximum atomic E-state index is 4.64. The van der Waals surface area contributed by atoms with E-state index < -0.39 is 0 Å². The van der Waals surface area contributed by atoms with Crippen LogP contribution in [0.1, 0.15) is 41.4 Å². The van der Waals surface area contributed by atoms with Gasteiger partial charge in [-0.05, 0) is 68.9 Å². The summed E-state index contributed by atoms with van der Waals surface area (Å²) in [4.78, 5) is 6.01. The van der Waals surface area contributed by atoms with E-state index in [-0.39, 0.29) is 0 Å². The predicted molar refractivity (Wildman–Crippen MR) is 91.4 cm³/mol. The molecule has 2 atom stereocenters. The summed E-state index contributed by atoms with van der Waals surface area (Å²) < 4.78 is 2.30. The first-order valence-electron chi connectivity index (χ1n) is 6.82. The minimum Gasteiger partial charge on any atom is -0.309 e. The number of rotatable bonds is 4. The molecule has 3 rings (SSSR count). The van der Waals surface area contributed by atoms with Gasteiger partial charge in [-0.25, -0.2) is 0 Å². The first-order valence-corrected chi connectivity index (χ1v) is 9.23. The van der Waals surface area contributed by atoms with Crippen LogP contribution in [0.25, 0.3) is 0 Å². The van der Waals surface area contributed by atoms with Crippen LogP contribution >= 0.6 is 43.2 Å². The summed E-state index contributed by atoms with van der Waals surface area (Å²) in [6, 6.07) is 6.83. The molecule has 0 saturated heterocycles. The number of aromatic nitrogens is 1. The van der Waals surface area contributed by atoms with Crippen LogP contribution < -0.4 is 5.32 Å². The highest BCUT2D eigenvalue weighted by atomic mass is 79.9. The number of likely N-dealkylation sites (N-methyl/N-ethyl adjacent to an activating group) is 1. The van der Waals surface area contributed by atoms with Crippen molar-refractivity contribution in [3.63, 3.8) is 0 Å². The Labute approximate surface area is 140 Å². The molecule has 0 spiro atoms. The van der Waals surface area contributed by atoms with Gasteiger partial charge < -0.3 is 5.32 Å². The Kier molecular flexibility index (Phi) is 4.60. The molecule has 0 aliphatic heterocycles. The van der Waals surface area contributed by atoms with Crippen molar-refractivity contribution < 1.29 is 0 Å². The van der Waals surface area contributed by atoms with Crippen LogP contribution in [0.15, 0.2) is 32.7 Å². The monoisotopic (exact) mass is 414 g/mol. The topological polar surface area (TPSA) is 24.9 Å². The molecule has 1 aliphatic carbocycles. The first-order chi connectivity index (χ1) is 9.70. The quantitative estimate of drug-likeness (QED) is 0.755. The normalized spacial score (nSPS) is 19.1. The van der Waals surface area contributed by atoms with Crippen molar-refractivity contribution in [1.29, 1.82) is 0 Å². The summed E-state index contributed by atoms with van der Waals surface area (Å²) >= 11 is 9.00. The Morgan fingerprint density at radius 1 is 1.50 bits per heavy atom. The Hall–Kier alpha value is -0.230. The molecule has 2 unspecified atom stereocenters. The fourth-order valence-corrected chi connectivity index (χ4v) is 5.18. The third-order valence-corrected chi connectivity index (χ3v) is 7.14. The summed E-state index contributed by atoms with van der Waals surface area (Å²) in [5.41, 5.74) is 2.69. The molecule has 0 radical (unpaired) electrons. The maximum absolute atomic E-state index is 4.64. The molecule has 0 aromatic carbocycles. The molecule has 106 valence electrons. The number of hydrogen-bond acceptors (Lipinski definition) is 3. The number of aryl methyl sites for hydroxylation is 1. The second-order valence-electron chi connectivity index (χ2n) is 5.00. The summed E-state index contributed by atoms with van der Waals surface area (Å²) in [7, 11) is 0. The molecule has 2 nitrogen and oxygen atoms in total. The van der Waals surface area contributed by atoms with Crippen molar-refractivity contribution in [2.75, 3.05) is 6.54 Å². The number of thiophene rings is 1. The lowest BCUT2D eigenvalue weighted by atomic mass is 9.95. The lowest BCUT2D eigenvalue weighted by Gasteiger charge is -2.23. The van der Waals surface area contributed by atoms with Gasteiger partial charge in [-0.3, -0.25) is 4.98 Å². The third-order valence-electron chi connectivity index (χ3n) is 3.80. The van der Waals surface area contributed by atoms with Gasteiger partial charge in [0.05, 0.1) is 9.83 Å². The molecule has 2 heterocycles. The lowest BCUT2D eigenvalue weighted by molar-refractivity contribution is 0.453. The van der Waals surface area contributed by atoms with Gasteiger partial charge in [0, 0.05) is 27.2 Å². The molecule has 2 aromatic rings. The summed E-state index contributed by atoms with van der Waals surface area (Å²) in [6.45, 7) is 3.13. The van der Waals surface area contributed by atoms with Gasteiger partial charge in [0.2, 0.25) is 0 Å². The summed E-state index contributed by atoms with van der Waals surface area (Å²) in [5.74, 6) is 0.476. The second kappa shape index (κ2) is 6.26. The van der Waals surface area contributed by atoms with Gasteiger partial charge in [0.1, 0.15) is 0 Å². The molecular formula is C15H16Br2N2S. The van der Waals surface area contributed by atoms with Crippen LogP contribution in [-0.4, -0.2) is 11.5 Å². The van der Waals surface area contributed by atoms with Crippen molar-refractivity contribution in [2.24, 2.45) is 0 Å². The van der Waals surface area contributed by atoms with Crippen LogP contribution in [0, 0.1) is 0 Å². The average Bonchev–Trinajstić information content (AvgIpc) is 3.01. The number of nitrogens with one attached hydrogen (secondary N) is 1. The molecule has 20 heavy (non-hydrogen) atoms. The largest absolute Gasteiger partial charge is 0.309 e. The van der Waals surface area contributed by atoms with E-state index in [0.717, 1.165) is 21.2 Å². The van der Waals surface area contributed by atoms with Crippen LogP contribution in [0.2, 0.25) is 0 Å². The second-order valence-corrected chi connectivity index (χ2v) is 8.25. The van der Waals surface area contributed by atoms with Gasteiger partial charge in [-0.2, -0.15) is 0 Å². The average molecular weight is 416 g/mol. The zero-order valence-electron chi connectivity index (χ0n) is 11.2. The van der Waals surface area contributed by atoms with E-state index in [2.05, 4.69) is 61.2 Å². The zero-order chi connectivity index (χ0) is 14.1. The van der Waals surface area contributed by atoms with Crippen molar-refractivity contribution in [1.82, 2.24) is 10.3 Å². The van der Waals surface area contributed by atoms with E-state index in [9.17, 15) is 0 Å². The number of pyridine rings is 1. The Morgan fingerprint density at radius 3 is 3.05 bits per heavy atom. The highest BCUT2D eigenvalue weighted by Gasteiger charge is 2.32. The van der Waals surface area contributed by atoms with Crippen molar-refractivity contribution in [3.05, 3.63) is 48.8 Å². The highest BCUT2D eigenvalue weighted by molar-refractivity contribution is 9.13. The number of hydrogen-bond donors (Lipinski definition) is 1. The van der Waals surface area contributed by atoms with Gasteiger partial charge in [-0.1, -0.05) is 13.0 Å². The summed E-state index contributed by atoms with van der Waals surface area (Å²) in [6.07, 6.45) is 4.24. The van der Waals surface area contributed by atoms with E-state index in [1.807, 2.05) is 12.3 Å². The minimum absolute atomic E-state index is 0.351. The Morgan fingerprint density at radius 2 is 2.35 bits per heavy atom. The smallest absolute Gasteiger partial charge is 0.0843 e. The Bertz CT molecular complexity index is 592. The molecule has 1 N–H and O–H groups in total. The van der Waals surface area contributed by atoms with Gasteiger partial charge in [0.15, 0.2) is 0 Å². The van der Waals surface area contributed by atoms with Gasteiger partial charge >= 0.3 is 0 Å². The van der Waals surface area contributed by atoms with E-state index >= 15 is 0 Å². The van der Waals surface area contributed by atoms with E-state index in [1.54, 1.807) is 11.3 Å². The van der Waals surface area contributed by atoms with Crippen molar-refractivity contribution >= 4 is 43.2 Å². The minimum atomic E-state index is 0.351. The molecule has 0 bridgehead atoms. The van der Waals surface area contributed by atoms with E-state index in [0.29, 0.717) is 12.0 Å². The fraction of sp³-hybridized carbons (Fsp3) is 0.400. The molecule has 1 aliphatic rings. The summed E-state index contributed by atoms with van der Waals surface area (Å²) in [5, 5.41) is 3.65. The molecular weight excluding hydrogens is 400 g/mol. The molecule has 0 fully saturated rings. The van der Waals surface area contributed by atoms with Gasteiger partial charge in [0.25, 0.3) is 0 Å². The number of halogens is 2. The van der Waals surface area contributed by atoms with Crippen molar-refractivity contribution in [2.45, 2.75) is 31.7 Å². The van der Waals surface area contributed by atoms with E-state index in [1.165, 1.54) is 22.6 Å². The van der Waals surface area contributed by atoms with Crippen LogP contribution in [0.3, 0.4) is 0 Å². The van der Waals surface area contributed by atoms with E-state index in [4.69, 9.17) is 0 Å². The molecule has 0 saturated carbocycles. The van der Waals surface area contributed by atoms with Crippen LogP contribution in [-0.2, 0) is 6.42 Å². The molecule has 5 heteroatoms. The van der Waals surface area contributed by atoms with Crippen LogP contribution in [0.4, 0.5) is 0 Å².